The summed E-state index contributed by atoms with van der Waals surface area (Å²) in [6.07, 6.45) is 2.76. The number of piperidine rings is 3. The molecular weight excluding hydrogens is 448 g/mol. The largest absolute Gasteiger partial charge is 0.497 e. The second kappa shape index (κ2) is 7.93. The summed E-state index contributed by atoms with van der Waals surface area (Å²) in [5.41, 5.74) is 1.07. The third-order valence-electron chi connectivity index (χ3n) is 6.10. The van der Waals surface area contributed by atoms with Gasteiger partial charge in [-0.15, -0.1) is 0 Å². The van der Waals surface area contributed by atoms with Crippen molar-refractivity contribution in [1.29, 1.82) is 0 Å². The number of pyridine rings is 1. The number of halogens is 1. The molecule has 0 radical (unpaired) electrons. The first-order chi connectivity index (χ1) is 14.2. The van der Waals surface area contributed by atoms with Crippen LogP contribution in [0.2, 0.25) is 0 Å². The first-order valence-corrected chi connectivity index (χ1v) is 11.2. The average Bonchev–Trinajstić information content (AvgIpc) is 2.73. The van der Waals surface area contributed by atoms with E-state index in [0.717, 1.165) is 35.2 Å². The van der Waals surface area contributed by atoms with Crippen molar-refractivity contribution in [2.45, 2.75) is 50.7 Å². The number of aromatic nitrogens is 1. The third-order valence-corrected chi connectivity index (χ3v) is 7.08. The van der Waals surface area contributed by atoms with Gasteiger partial charge in [0, 0.05) is 29.6 Å². The van der Waals surface area contributed by atoms with Gasteiger partial charge in [0.15, 0.2) is 5.78 Å². The fourth-order valence-corrected chi connectivity index (χ4v) is 5.26. The number of methoxy groups -OCH3 is 1. The van der Waals surface area contributed by atoms with E-state index in [9.17, 15) is 9.59 Å². The zero-order valence-corrected chi connectivity index (χ0v) is 19.3. The van der Waals surface area contributed by atoms with Gasteiger partial charge in [-0.2, -0.15) is 0 Å². The number of hydrogen-bond acceptors (Lipinski definition) is 6. The summed E-state index contributed by atoms with van der Waals surface area (Å²) in [6, 6.07) is 7.53. The van der Waals surface area contributed by atoms with Crippen molar-refractivity contribution in [3.8, 4) is 5.75 Å². The number of Topliss-reactive ketones (excluding diaryl/α,β-unsaturated/α-hetero) is 1. The Morgan fingerprint density at radius 1 is 1.30 bits per heavy atom. The zero-order chi connectivity index (χ0) is 21.6. The number of ether oxygens (including phenoxy) is 2. The summed E-state index contributed by atoms with van der Waals surface area (Å²) in [6.45, 7) is 6.35. The lowest BCUT2D eigenvalue weighted by molar-refractivity contribution is -0.167. The summed E-state index contributed by atoms with van der Waals surface area (Å²) in [4.78, 5) is 31.8. The topological polar surface area (TPSA) is 68.7 Å². The van der Waals surface area contributed by atoms with Crippen molar-refractivity contribution < 1.29 is 19.1 Å². The third kappa shape index (κ3) is 3.73. The molecular formula is C23H27BrN2O4. The lowest BCUT2D eigenvalue weighted by atomic mass is 9.78. The number of benzene rings is 1. The molecule has 0 saturated carbocycles. The Kier molecular flexibility index (Phi) is 5.62. The molecule has 5 rings (SSSR count). The normalized spacial score (nSPS) is 27.2. The van der Waals surface area contributed by atoms with E-state index >= 15 is 0 Å². The Balaban J connectivity index is 1.82. The number of ketones is 1. The maximum absolute atomic E-state index is 12.9. The summed E-state index contributed by atoms with van der Waals surface area (Å²) < 4.78 is 11.6. The smallest absolute Gasteiger partial charge is 0.311 e. The van der Waals surface area contributed by atoms with Crippen LogP contribution in [0.25, 0.3) is 10.9 Å². The number of rotatable bonds is 4. The summed E-state index contributed by atoms with van der Waals surface area (Å²) in [5.74, 6) is 0.666. The van der Waals surface area contributed by atoms with E-state index in [1.54, 1.807) is 13.3 Å². The van der Waals surface area contributed by atoms with Crippen LogP contribution in [0, 0.1) is 11.3 Å². The standard InChI is InChI=1S/C23H27BrN2O4/c1-23(2,3)22(28)30-20(18-11-13-8-10-26(18)21(24)19(13)27)15-7-9-25-17-6-5-14(29-4)12-16(15)17/h5-7,9,12-13,18,20-21H,8,10-11H2,1-4H3/t13-,18+,20-,21+/m0/s1. The number of carbonyl (C=O) groups excluding carboxylic acids is 2. The molecule has 7 heteroatoms. The number of alkyl halides is 1. The maximum atomic E-state index is 12.9. The molecule has 4 heterocycles. The van der Waals surface area contributed by atoms with Gasteiger partial charge in [0.05, 0.1) is 24.1 Å². The number of carbonyl (C=O) groups is 2. The molecule has 1 unspecified atom stereocenters. The molecule has 0 N–H and O–H groups in total. The van der Waals surface area contributed by atoms with E-state index in [1.807, 2.05) is 45.0 Å². The Morgan fingerprint density at radius 3 is 2.73 bits per heavy atom. The predicted octanol–water partition coefficient (Wildman–Crippen LogP) is 4.26. The van der Waals surface area contributed by atoms with Crippen molar-refractivity contribution >= 4 is 38.6 Å². The minimum Gasteiger partial charge on any atom is -0.497 e. The quantitative estimate of drug-likeness (QED) is 0.374. The Bertz CT molecular complexity index is 983. The highest BCUT2D eigenvalue weighted by atomic mass is 79.9. The van der Waals surface area contributed by atoms with Crippen LogP contribution in [0.15, 0.2) is 30.5 Å². The first-order valence-electron chi connectivity index (χ1n) is 10.3. The van der Waals surface area contributed by atoms with Gasteiger partial charge < -0.3 is 9.47 Å². The van der Waals surface area contributed by atoms with Crippen LogP contribution in [-0.4, -0.2) is 46.3 Å². The molecule has 2 aromatic rings. The molecule has 0 aliphatic carbocycles. The molecule has 0 spiro atoms. The second-order valence-electron chi connectivity index (χ2n) is 9.12. The molecule has 1 aromatic carbocycles. The highest BCUT2D eigenvalue weighted by Gasteiger charge is 2.49. The summed E-state index contributed by atoms with van der Waals surface area (Å²) >= 11 is 3.57. The zero-order valence-electron chi connectivity index (χ0n) is 17.7. The van der Waals surface area contributed by atoms with Crippen LogP contribution >= 0.6 is 15.9 Å². The molecule has 30 heavy (non-hydrogen) atoms. The number of fused-ring (bicyclic) bond motifs is 4. The Hall–Kier alpha value is -1.99. The van der Waals surface area contributed by atoms with E-state index in [1.165, 1.54) is 0 Å². The molecule has 3 saturated heterocycles. The van der Waals surface area contributed by atoms with E-state index < -0.39 is 11.5 Å². The number of esters is 1. The van der Waals surface area contributed by atoms with Crippen LogP contribution < -0.4 is 4.74 Å². The van der Waals surface area contributed by atoms with E-state index in [-0.39, 0.29) is 28.7 Å². The van der Waals surface area contributed by atoms with Gasteiger partial charge in [0.2, 0.25) is 0 Å². The Labute approximate surface area is 185 Å². The summed E-state index contributed by atoms with van der Waals surface area (Å²) in [5, 5.41) is 0.892. The van der Waals surface area contributed by atoms with Gasteiger partial charge >= 0.3 is 5.97 Å². The lowest BCUT2D eigenvalue weighted by Gasteiger charge is -2.49. The van der Waals surface area contributed by atoms with Crippen LogP contribution in [-0.2, 0) is 14.3 Å². The van der Waals surface area contributed by atoms with Gasteiger partial charge in [0.1, 0.15) is 16.8 Å². The fourth-order valence-electron chi connectivity index (χ4n) is 4.37. The van der Waals surface area contributed by atoms with Crippen molar-refractivity contribution in [1.82, 2.24) is 9.88 Å². The van der Waals surface area contributed by atoms with Crippen LogP contribution in [0.4, 0.5) is 0 Å². The van der Waals surface area contributed by atoms with Gasteiger partial charge in [-0.3, -0.25) is 19.5 Å². The molecule has 2 bridgehead atoms. The van der Waals surface area contributed by atoms with Gasteiger partial charge in [0.25, 0.3) is 0 Å². The van der Waals surface area contributed by atoms with Crippen molar-refractivity contribution in [3.05, 3.63) is 36.0 Å². The molecule has 0 amide bonds. The van der Waals surface area contributed by atoms with Crippen LogP contribution in [0.5, 0.6) is 5.75 Å². The van der Waals surface area contributed by atoms with Crippen LogP contribution in [0.3, 0.4) is 0 Å². The Morgan fingerprint density at radius 2 is 2.07 bits per heavy atom. The number of hydrogen-bond donors (Lipinski definition) is 0. The van der Waals surface area contributed by atoms with Gasteiger partial charge in [-0.1, -0.05) is 15.9 Å². The van der Waals surface area contributed by atoms with E-state index in [4.69, 9.17) is 9.47 Å². The second-order valence-corrected chi connectivity index (χ2v) is 9.99. The molecule has 3 aliphatic rings. The highest BCUT2D eigenvalue weighted by molar-refractivity contribution is 9.09. The van der Waals surface area contributed by atoms with Crippen LogP contribution in [0.1, 0.15) is 45.3 Å². The molecule has 5 atom stereocenters. The minimum atomic E-state index is -0.634. The minimum absolute atomic E-state index is 0.0112. The number of nitrogens with zero attached hydrogens (tertiary/aromatic N) is 2. The van der Waals surface area contributed by atoms with Crippen molar-refractivity contribution in [2.24, 2.45) is 11.3 Å². The molecule has 6 nitrogen and oxygen atoms in total. The van der Waals surface area contributed by atoms with E-state index in [0.29, 0.717) is 6.42 Å². The monoisotopic (exact) mass is 474 g/mol. The fraction of sp³-hybridized carbons (Fsp3) is 0.522. The predicted molar refractivity (Wildman–Crippen MR) is 118 cm³/mol. The van der Waals surface area contributed by atoms with Gasteiger partial charge in [-0.25, -0.2) is 0 Å². The highest BCUT2D eigenvalue weighted by Crippen LogP contribution is 2.44. The van der Waals surface area contributed by atoms with Crippen molar-refractivity contribution in [2.75, 3.05) is 13.7 Å². The molecule has 3 aliphatic heterocycles. The first kappa shape index (κ1) is 21.2. The lowest BCUT2D eigenvalue weighted by Crippen LogP contribution is -2.60. The summed E-state index contributed by atoms with van der Waals surface area (Å²) in [7, 11) is 1.63. The molecule has 3 fully saturated rings. The average molecular weight is 475 g/mol. The maximum Gasteiger partial charge on any atom is 0.311 e. The molecule has 160 valence electrons. The SMILES string of the molecule is COc1ccc2nccc([C@H](OC(=O)C(C)(C)C)[C@H]3C[C@@H]4CCN3[C@@H](Br)C4=O)c2c1. The van der Waals surface area contributed by atoms with E-state index in [2.05, 4.69) is 25.8 Å². The molecule has 1 aromatic heterocycles. The van der Waals surface area contributed by atoms with Crippen molar-refractivity contribution in [3.63, 3.8) is 0 Å². The van der Waals surface area contributed by atoms with Gasteiger partial charge in [-0.05, 0) is 57.9 Å².